The summed E-state index contributed by atoms with van der Waals surface area (Å²) in [7, 11) is 0. The van der Waals surface area contributed by atoms with Gasteiger partial charge in [0.05, 0.1) is 6.61 Å². The van der Waals surface area contributed by atoms with E-state index in [1.807, 2.05) is 20.8 Å². The molecule has 0 aliphatic rings. The Morgan fingerprint density at radius 1 is 1.30 bits per heavy atom. The lowest BCUT2D eigenvalue weighted by Gasteiger charge is -2.10. The lowest BCUT2D eigenvalue weighted by Crippen LogP contribution is -2.27. The quantitative estimate of drug-likeness (QED) is 0.631. The zero-order valence-corrected chi connectivity index (χ0v) is 14.5. The first kappa shape index (κ1) is 21.2. The first-order valence-electron chi connectivity index (χ1n) is 7.47. The molecular weight excluding hydrogens is 320 g/mol. The highest BCUT2D eigenvalue weighted by molar-refractivity contribution is 5.95. The second-order valence-corrected chi connectivity index (χ2v) is 5.27. The summed E-state index contributed by atoms with van der Waals surface area (Å²) in [5.74, 6) is -0.938. The van der Waals surface area contributed by atoms with E-state index in [-0.39, 0.29) is 29.6 Å². The van der Waals surface area contributed by atoms with E-state index in [9.17, 15) is 14.7 Å². The Balaban J connectivity index is 0.00000484. The molecule has 0 spiro atoms. The van der Waals surface area contributed by atoms with Crippen LogP contribution in [0.4, 0.5) is 5.69 Å². The first-order chi connectivity index (χ1) is 10.4. The van der Waals surface area contributed by atoms with Crippen molar-refractivity contribution in [1.29, 1.82) is 0 Å². The van der Waals surface area contributed by atoms with Crippen LogP contribution in [-0.4, -0.2) is 36.2 Å². The van der Waals surface area contributed by atoms with Gasteiger partial charge in [-0.2, -0.15) is 0 Å². The first-order valence-corrected chi connectivity index (χ1v) is 7.47. The molecule has 1 aromatic rings. The molecular formula is C16H25ClN2O4. The summed E-state index contributed by atoms with van der Waals surface area (Å²) in [4.78, 5) is 23.4. The van der Waals surface area contributed by atoms with Crippen molar-refractivity contribution in [3.8, 4) is 5.75 Å². The molecule has 0 radical (unpaired) electrons. The second-order valence-electron chi connectivity index (χ2n) is 5.27. The number of phenolic OH excluding ortho intramolecular Hbond substituents is 1. The molecule has 6 nitrogen and oxygen atoms in total. The zero-order valence-electron chi connectivity index (χ0n) is 13.7. The van der Waals surface area contributed by atoms with E-state index < -0.39 is 5.97 Å². The highest BCUT2D eigenvalue weighted by atomic mass is 35.5. The number of benzene rings is 1. The van der Waals surface area contributed by atoms with Crippen LogP contribution >= 0.6 is 12.4 Å². The SMILES string of the molecule is CCCOC(=O)c1ccc(NC(=O)CCNC(C)C)cc1O.Cl. The number of carbonyl (C=O) groups is 2. The molecule has 0 bridgehead atoms. The van der Waals surface area contributed by atoms with E-state index in [0.717, 1.165) is 0 Å². The van der Waals surface area contributed by atoms with Crippen molar-refractivity contribution in [2.45, 2.75) is 39.7 Å². The average Bonchev–Trinajstić information content (AvgIpc) is 2.44. The van der Waals surface area contributed by atoms with E-state index >= 15 is 0 Å². The number of rotatable bonds is 8. The minimum atomic E-state index is -0.571. The van der Waals surface area contributed by atoms with Gasteiger partial charge in [-0.25, -0.2) is 4.79 Å². The number of aromatic hydroxyl groups is 1. The summed E-state index contributed by atoms with van der Waals surface area (Å²) >= 11 is 0. The summed E-state index contributed by atoms with van der Waals surface area (Å²) in [6.45, 7) is 6.79. The van der Waals surface area contributed by atoms with Crippen molar-refractivity contribution in [1.82, 2.24) is 5.32 Å². The van der Waals surface area contributed by atoms with E-state index in [0.29, 0.717) is 37.7 Å². The Bertz CT molecular complexity index is 521. The van der Waals surface area contributed by atoms with Crippen molar-refractivity contribution < 1.29 is 19.4 Å². The van der Waals surface area contributed by atoms with E-state index in [2.05, 4.69) is 10.6 Å². The van der Waals surface area contributed by atoms with Crippen LogP contribution < -0.4 is 10.6 Å². The van der Waals surface area contributed by atoms with Gasteiger partial charge >= 0.3 is 5.97 Å². The predicted octanol–water partition coefficient (Wildman–Crippen LogP) is 2.71. The maximum absolute atomic E-state index is 11.7. The molecule has 0 aromatic heterocycles. The van der Waals surface area contributed by atoms with Gasteiger partial charge in [-0.3, -0.25) is 4.79 Å². The molecule has 0 unspecified atom stereocenters. The number of esters is 1. The molecule has 7 heteroatoms. The van der Waals surface area contributed by atoms with Crippen molar-refractivity contribution in [2.75, 3.05) is 18.5 Å². The topological polar surface area (TPSA) is 87.7 Å². The molecule has 1 amide bonds. The van der Waals surface area contributed by atoms with Gasteiger partial charge in [-0.15, -0.1) is 12.4 Å². The Hall–Kier alpha value is -1.79. The molecule has 1 aromatic carbocycles. The standard InChI is InChI=1S/C16H24N2O4.ClH/c1-4-9-22-16(21)13-6-5-12(10-14(13)19)18-15(20)7-8-17-11(2)3;/h5-6,10-11,17,19H,4,7-9H2,1-3H3,(H,18,20);1H. The monoisotopic (exact) mass is 344 g/mol. The van der Waals surface area contributed by atoms with E-state index in [1.165, 1.54) is 12.1 Å². The Labute approximate surface area is 143 Å². The minimum Gasteiger partial charge on any atom is -0.507 e. The third-order valence-corrected chi connectivity index (χ3v) is 2.84. The normalized spacial score (nSPS) is 10.1. The fourth-order valence-electron chi connectivity index (χ4n) is 1.75. The lowest BCUT2D eigenvalue weighted by atomic mass is 10.2. The fraction of sp³-hybridized carbons (Fsp3) is 0.500. The number of carbonyl (C=O) groups excluding carboxylic acids is 2. The zero-order chi connectivity index (χ0) is 16.5. The van der Waals surface area contributed by atoms with Gasteiger partial charge in [0.15, 0.2) is 0 Å². The van der Waals surface area contributed by atoms with Crippen LogP contribution in [-0.2, 0) is 9.53 Å². The van der Waals surface area contributed by atoms with Crippen LogP contribution in [0.3, 0.4) is 0 Å². The molecule has 0 aliphatic carbocycles. The highest BCUT2D eigenvalue weighted by Crippen LogP contribution is 2.23. The van der Waals surface area contributed by atoms with Gasteiger partial charge in [-0.05, 0) is 18.6 Å². The van der Waals surface area contributed by atoms with Gasteiger partial charge in [0.25, 0.3) is 0 Å². The molecule has 130 valence electrons. The average molecular weight is 345 g/mol. The van der Waals surface area contributed by atoms with Crippen LogP contribution in [0.1, 0.15) is 44.0 Å². The maximum Gasteiger partial charge on any atom is 0.341 e. The van der Waals surface area contributed by atoms with Crippen molar-refractivity contribution in [3.63, 3.8) is 0 Å². The summed E-state index contributed by atoms with van der Waals surface area (Å²) in [5, 5.41) is 15.7. The predicted molar refractivity (Wildman–Crippen MR) is 92.3 cm³/mol. The largest absolute Gasteiger partial charge is 0.507 e. The van der Waals surface area contributed by atoms with Gasteiger partial charge in [0.1, 0.15) is 11.3 Å². The van der Waals surface area contributed by atoms with Gasteiger partial charge < -0.3 is 20.5 Å². The molecule has 1 rings (SSSR count). The van der Waals surface area contributed by atoms with Gasteiger partial charge in [0.2, 0.25) is 5.91 Å². The summed E-state index contributed by atoms with van der Waals surface area (Å²) in [6, 6.07) is 4.67. The molecule has 3 N–H and O–H groups in total. The number of phenols is 1. The Kier molecular flexibility index (Phi) is 10.0. The molecule has 23 heavy (non-hydrogen) atoms. The number of halogens is 1. The van der Waals surface area contributed by atoms with Crippen LogP contribution in [0.25, 0.3) is 0 Å². The molecule has 0 aliphatic heterocycles. The van der Waals surface area contributed by atoms with Gasteiger partial charge in [0, 0.05) is 30.8 Å². The number of nitrogens with one attached hydrogen (secondary N) is 2. The fourth-order valence-corrected chi connectivity index (χ4v) is 1.75. The van der Waals surface area contributed by atoms with Crippen LogP contribution in [0.15, 0.2) is 18.2 Å². The summed E-state index contributed by atoms with van der Waals surface area (Å²) < 4.78 is 4.96. The number of amides is 1. The van der Waals surface area contributed by atoms with Crippen molar-refractivity contribution >= 4 is 30.0 Å². The number of hydrogen-bond donors (Lipinski definition) is 3. The van der Waals surface area contributed by atoms with E-state index in [4.69, 9.17) is 4.74 Å². The summed E-state index contributed by atoms with van der Waals surface area (Å²) in [5.41, 5.74) is 0.534. The maximum atomic E-state index is 11.7. The van der Waals surface area contributed by atoms with Crippen LogP contribution in [0.2, 0.25) is 0 Å². The lowest BCUT2D eigenvalue weighted by molar-refractivity contribution is -0.116. The molecule has 0 atom stereocenters. The van der Waals surface area contributed by atoms with Gasteiger partial charge in [-0.1, -0.05) is 20.8 Å². The highest BCUT2D eigenvalue weighted by Gasteiger charge is 2.13. The Morgan fingerprint density at radius 3 is 2.57 bits per heavy atom. The number of ether oxygens (including phenoxy) is 1. The summed E-state index contributed by atoms with van der Waals surface area (Å²) in [6.07, 6.45) is 1.05. The Morgan fingerprint density at radius 2 is 2.00 bits per heavy atom. The number of hydrogen-bond acceptors (Lipinski definition) is 5. The molecule has 0 heterocycles. The van der Waals surface area contributed by atoms with Crippen LogP contribution in [0, 0.1) is 0 Å². The third-order valence-electron chi connectivity index (χ3n) is 2.84. The van der Waals surface area contributed by atoms with E-state index in [1.54, 1.807) is 6.07 Å². The smallest absolute Gasteiger partial charge is 0.341 e. The molecule has 0 saturated heterocycles. The molecule has 0 saturated carbocycles. The van der Waals surface area contributed by atoms with Crippen molar-refractivity contribution in [3.05, 3.63) is 23.8 Å². The minimum absolute atomic E-state index is 0. The number of anilines is 1. The van der Waals surface area contributed by atoms with Crippen LogP contribution in [0.5, 0.6) is 5.75 Å². The van der Waals surface area contributed by atoms with Crippen molar-refractivity contribution in [2.24, 2.45) is 0 Å². The molecule has 0 fully saturated rings. The second kappa shape index (κ2) is 10.9. The third kappa shape index (κ3) is 7.85.